The third-order valence-corrected chi connectivity index (χ3v) is 6.76. The molecule has 0 saturated heterocycles. The van der Waals surface area contributed by atoms with Gasteiger partial charge in [-0.15, -0.1) is 0 Å². The summed E-state index contributed by atoms with van der Waals surface area (Å²) in [6.45, 7) is 0.323. The Balaban J connectivity index is 1.33. The lowest BCUT2D eigenvalue weighted by Gasteiger charge is -2.07. The fourth-order valence-electron chi connectivity index (χ4n) is 3.66. The van der Waals surface area contributed by atoms with Gasteiger partial charge in [0.05, 0.1) is 24.2 Å². The van der Waals surface area contributed by atoms with E-state index < -0.39 is 9.84 Å². The van der Waals surface area contributed by atoms with E-state index in [0.717, 1.165) is 32.9 Å². The van der Waals surface area contributed by atoms with Gasteiger partial charge in [0.25, 0.3) is 0 Å². The number of carbonyl (C=O) groups excluding carboxylic acids is 1. The van der Waals surface area contributed by atoms with Crippen molar-refractivity contribution < 1.29 is 17.6 Å². The van der Waals surface area contributed by atoms with Crippen LogP contribution in [0, 0.1) is 0 Å². The maximum absolute atomic E-state index is 12.4. The summed E-state index contributed by atoms with van der Waals surface area (Å²) in [7, 11) is -3.20. The zero-order valence-electron chi connectivity index (χ0n) is 16.5. The fourth-order valence-corrected chi connectivity index (χ4v) is 5.09. The monoisotopic (exact) mass is 421 g/mol. The summed E-state index contributed by atoms with van der Waals surface area (Å²) >= 11 is 0. The van der Waals surface area contributed by atoms with E-state index >= 15 is 0 Å². The van der Waals surface area contributed by atoms with Crippen LogP contribution in [0.4, 0.5) is 0 Å². The smallest absolute Gasteiger partial charge is 0.224 e. The van der Waals surface area contributed by atoms with Gasteiger partial charge in [-0.05, 0) is 28.8 Å². The number of fused-ring (bicyclic) bond motifs is 3. The van der Waals surface area contributed by atoms with Crippen LogP contribution in [0.15, 0.2) is 77.4 Å². The molecule has 0 atom stereocenters. The number of hydrogen-bond acceptors (Lipinski definition) is 4. The van der Waals surface area contributed by atoms with Crippen LogP contribution in [0.25, 0.3) is 21.7 Å². The van der Waals surface area contributed by atoms with Crippen molar-refractivity contribution in [2.45, 2.75) is 18.6 Å². The van der Waals surface area contributed by atoms with Crippen molar-refractivity contribution in [3.8, 4) is 0 Å². The van der Waals surface area contributed by atoms with Gasteiger partial charge < -0.3 is 9.73 Å². The molecule has 4 rings (SSSR count). The van der Waals surface area contributed by atoms with Gasteiger partial charge in [-0.2, -0.15) is 0 Å². The summed E-state index contributed by atoms with van der Waals surface area (Å²) < 4.78 is 30.1. The van der Waals surface area contributed by atoms with Crippen molar-refractivity contribution in [2.75, 3.05) is 12.3 Å². The second-order valence-corrected chi connectivity index (χ2v) is 9.56. The Labute approximate surface area is 175 Å². The Morgan fingerprint density at radius 1 is 0.933 bits per heavy atom. The standard InChI is InChI=1S/C24H23NO4S/c26-23(25-13-6-14-30(27,28)17-18-7-2-1-3-8-18)15-20-16-29-22-12-11-19-9-4-5-10-21(19)24(20)22/h1-5,7-12,16H,6,13-15,17H2,(H,25,26). The second kappa shape index (κ2) is 8.71. The quantitative estimate of drug-likeness (QED) is 0.432. The lowest BCUT2D eigenvalue weighted by molar-refractivity contribution is -0.120. The van der Waals surface area contributed by atoms with E-state index in [9.17, 15) is 13.2 Å². The van der Waals surface area contributed by atoms with E-state index in [-0.39, 0.29) is 23.8 Å². The molecular formula is C24H23NO4S. The first-order valence-electron chi connectivity index (χ1n) is 9.91. The van der Waals surface area contributed by atoms with Crippen LogP contribution < -0.4 is 5.32 Å². The zero-order valence-corrected chi connectivity index (χ0v) is 17.3. The number of furan rings is 1. The van der Waals surface area contributed by atoms with Crippen molar-refractivity contribution in [1.82, 2.24) is 5.32 Å². The molecular weight excluding hydrogens is 398 g/mol. The van der Waals surface area contributed by atoms with E-state index in [4.69, 9.17) is 4.42 Å². The largest absolute Gasteiger partial charge is 0.464 e. The van der Waals surface area contributed by atoms with E-state index in [0.29, 0.717) is 13.0 Å². The summed E-state index contributed by atoms with van der Waals surface area (Å²) in [5.41, 5.74) is 2.36. The first kappa shape index (κ1) is 20.2. The number of amides is 1. The van der Waals surface area contributed by atoms with Crippen molar-refractivity contribution >= 4 is 37.5 Å². The van der Waals surface area contributed by atoms with Crippen LogP contribution in [0.5, 0.6) is 0 Å². The lowest BCUT2D eigenvalue weighted by atomic mass is 10.0. The number of benzene rings is 3. The van der Waals surface area contributed by atoms with Crippen LogP contribution in [0.2, 0.25) is 0 Å². The van der Waals surface area contributed by atoms with Crippen molar-refractivity contribution in [1.29, 1.82) is 0 Å². The molecule has 0 fully saturated rings. The van der Waals surface area contributed by atoms with Crippen LogP contribution in [-0.2, 0) is 26.8 Å². The minimum atomic E-state index is -3.20. The van der Waals surface area contributed by atoms with Crippen LogP contribution >= 0.6 is 0 Å². The van der Waals surface area contributed by atoms with Gasteiger partial charge in [0.15, 0.2) is 9.84 Å². The normalized spacial score (nSPS) is 11.7. The van der Waals surface area contributed by atoms with Gasteiger partial charge in [0.2, 0.25) is 5.91 Å². The van der Waals surface area contributed by atoms with Gasteiger partial charge in [0.1, 0.15) is 5.58 Å². The summed E-state index contributed by atoms with van der Waals surface area (Å²) in [4.78, 5) is 12.4. The predicted octanol–water partition coefficient (Wildman–Crippen LogP) is 4.25. The summed E-state index contributed by atoms with van der Waals surface area (Å²) in [5, 5.41) is 5.93. The Kier molecular flexibility index (Phi) is 5.86. The minimum Gasteiger partial charge on any atom is -0.464 e. The van der Waals surface area contributed by atoms with Crippen molar-refractivity contribution in [2.24, 2.45) is 0 Å². The van der Waals surface area contributed by atoms with E-state index in [1.807, 2.05) is 54.6 Å². The van der Waals surface area contributed by atoms with Crippen LogP contribution in [0.3, 0.4) is 0 Å². The third kappa shape index (κ3) is 4.71. The molecule has 0 aliphatic carbocycles. The van der Waals surface area contributed by atoms with E-state index in [1.165, 1.54) is 0 Å². The summed E-state index contributed by atoms with van der Waals surface area (Å²) in [6, 6.07) is 21.0. The average Bonchev–Trinajstić information content (AvgIpc) is 3.15. The molecule has 3 aromatic carbocycles. The Bertz CT molecular complexity index is 1280. The molecule has 4 aromatic rings. The number of nitrogens with one attached hydrogen (secondary N) is 1. The van der Waals surface area contributed by atoms with Gasteiger partial charge in [-0.3, -0.25) is 4.79 Å². The molecule has 0 spiro atoms. The maximum Gasteiger partial charge on any atom is 0.224 e. The topological polar surface area (TPSA) is 76.4 Å². The van der Waals surface area contributed by atoms with Crippen molar-refractivity contribution in [3.05, 3.63) is 84.1 Å². The highest BCUT2D eigenvalue weighted by Crippen LogP contribution is 2.30. The predicted molar refractivity (Wildman–Crippen MR) is 119 cm³/mol. The second-order valence-electron chi connectivity index (χ2n) is 7.38. The molecule has 6 heteroatoms. The molecule has 0 unspecified atom stereocenters. The van der Waals surface area contributed by atoms with E-state index in [2.05, 4.69) is 5.32 Å². The third-order valence-electron chi connectivity index (χ3n) is 5.07. The molecule has 5 nitrogen and oxygen atoms in total. The lowest BCUT2D eigenvalue weighted by Crippen LogP contribution is -2.27. The molecule has 0 saturated carbocycles. The molecule has 1 aromatic heterocycles. The van der Waals surface area contributed by atoms with Crippen molar-refractivity contribution in [3.63, 3.8) is 0 Å². The van der Waals surface area contributed by atoms with Gasteiger partial charge in [-0.25, -0.2) is 8.42 Å². The average molecular weight is 422 g/mol. The molecule has 0 aliphatic rings. The fraction of sp³-hybridized carbons (Fsp3) is 0.208. The van der Waals surface area contributed by atoms with E-state index in [1.54, 1.807) is 18.4 Å². The molecule has 1 amide bonds. The van der Waals surface area contributed by atoms with Gasteiger partial charge >= 0.3 is 0 Å². The molecule has 1 N–H and O–H groups in total. The summed E-state index contributed by atoms with van der Waals surface area (Å²) in [6.07, 6.45) is 2.20. The minimum absolute atomic E-state index is 0.0237. The molecule has 30 heavy (non-hydrogen) atoms. The first-order chi connectivity index (χ1) is 14.5. The molecule has 0 aliphatic heterocycles. The maximum atomic E-state index is 12.4. The molecule has 0 bridgehead atoms. The Morgan fingerprint density at radius 3 is 2.53 bits per heavy atom. The Morgan fingerprint density at radius 2 is 1.70 bits per heavy atom. The first-order valence-corrected chi connectivity index (χ1v) is 11.7. The Hall–Kier alpha value is -3.12. The van der Waals surface area contributed by atoms with Gasteiger partial charge in [-0.1, -0.05) is 60.7 Å². The number of hydrogen-bond donors (Lipinski definition) is 1. The van der Waals surface area contributed by atoms with Crippen LogP contribution in [0.1, 0.15) is 17.5 Å². The highest BCUT2D eigenvalue weighted by molar-refractivity contribution is 7.90. The highest BCUT2D eigenvalue weighted by Gasteiger charge is 2.14. The summed E-state index contributed by atoms with van der Waals surface area (Å²) in [5.74, 6) is -0.0803. The number of sulfone groups is 1. The molecule has 1 heterocycles. The molecule has 0 radical (unpaired) electrons. The SMILES string of the molecule is O=C(Cc1coc2ccc3ccccc3c12)NCCCS(=O)(=O)Cc1ccccc1. The highest BCUT2D eigenvalue weighted by atomic mass is 32.2. The molecule has 154 valence electrons. The van der Waals surface area contributed by atoms with Crippen LogP contribution in [-0.4, -0.2) is 26.6 Å². The van der Waals surface area contributed by atoms with Gasteiger partial charge in [0, 0.05) is 17.5 Å². The number of rotatable bonds is 8. The number of carbonyl (C=O) groups is 1. The zero-order chi connectivity index (χ0) is 21.0.